The fraction of sp³-hybridized carbons (Fsp3) is 0.235. The second-order valence-electron chi connectivity index (χ2n) is 4.85. The summed E-state index contributed by atoms with van der Waals surface area (Å²) in [4.78, 5) is 12.3. The van der Waals surface area contributed by atoms with Gasteiger partial charge in [-0.2, -0.15) is 0 Å². The van der Waals surface area contributed by atoms with E-state index in [2.05, 4.69) is 5.32 Å². The molecular formula is C17H18FNO4. The van der Waals surface area contributed by atoms with Crippen molar-refractivity contribution in [2.75, 3.05) is 20.8 Å². The summed E-state index contributed by atoms with van der Waals surface area (Å²) >= 11 is 0. The number of hydrogen-bond acceptors (Lipinski definition) is 4. The molecule has 0 saturated carbocycles. The molecule has 2 aromatic carbocycles. The summed E-state index contributed by atoms with van der Waals surface area (Å²) in [6.07, 6.45) is -1.01. The fourth-order valence-electron chi connectivity index (χ4n) is 2.11. The van der Waals surface area contributed by atoms with E-state index in [1.165, 1.54) is 32.4 Å². The topological polar surface area (TPSA) is 67.8 Å². The number of halogens is 1. The smallest absolute Gasteiger partial charge is 0.255 e. The highest BCUT2D eigenvalue weighted by Gasteiger charge is 2.16. The van der Waals surface area contributed by atoms with Gasteiger partial charge in [-0.15, -0.1) is 0 Å². The maximum Gasteiger partial charge on any atom is 0.255 e. The average molecular weight is 319 g/mol. The molecule has 0 heterocycles. The highest BCUT2D eigenvalue weighted by molar-refractivity contribution is 5.97. The molecule has 0 aromatic heterocycles. The van der Waals surface area contributed by atoms with Crippen molar-refractivity contribution in [2.24, 2.45) is 0 Å². The van der Waals surface area contributed by atoms with E-state index >= 15 is 0 Å². The Morgan fingerprint density at radius 3 is 2.65 bits per heavy atom. The molecule has 6 heteroatoms. The largest absolute Gasteiger partial charge is 0.497 e. The summed E-state index contributed by atoms with van der Waals surface area (Å²) in [5, 5.41) is 12.6. The quantitative estimate of drug-likeness (QED) is 0.857. The van der Waals surface area contributed by atoms with Gasteiger partial charge in [-0.3, -0.25) is 4.79 Å². The van der Waals surface area contributed by atoms with Gasteiger partial charge in [0.05, 0.1) is 25.9 Å². The summed E-state index contributed by atoms with van der Waals surface area (Å²) in [7, 11) is 2.96. The number of benzene rings is 2. The first kappa shape index (κ1) is 16.8. The van der Waals surface area contributed by atoms with Crippen molar-refractivity contribution in [3.05, 3.63) is 59.4 Å². The van der Waals surface area contributed by atoms with Crippen LogP contribution in [0.25, 0.3) is 0 Å². The van der Waals surface area contributed by atoms with Gasteiger partial charge in [-0.05, 0) is 35.9 Å². The molecule has 2 rings (SSSR count). The second-order valence-corrected chi connectivity index (χ2v) is 4.85. The summed E-state index contributed by atoms with van der Waals surface area (Å²) < 4.78 is 23.4. The van der Waals surface area contributed by atoms with Crippen LogP contribution in [0.2, 0.25) is 0 Å². The van der Waals surface area contributed by atoms with Crippen LogP contribution in [-0.2, 0) is 0 Å². The number of aliphatic hydroxyl groups excluding tert-OH is 1. The van der Waals surface area contributed by atoms with Gasteiger partial charge in [0.1, 0.15) is 17.3 Å². The molecule has 0 fully saturated rings. The molecule has 0 aliphatic rings. The number of carbonyl (C=O) groups excluding carboxylic acids is 1. The average Bonchev–Trinajstić information content (AvgIpc) is 2.58. The first-order valence-electron chi connectivity index (χ1n) is 6.99. The Bertz CT molecular complexity index is 690. The maximum atomic E-state index is 13.1. The number of methoxy groups -OCH3 is 2. The van der Waals surface area contributed by atoms with Crippen LogP contribution in [0.5, 0.6) is 11.5 Å². The predicted octanol–water partition coefficient (Wildman–Crippen LogP) is 2.31. The molecule has 0 bridgehead atoms. The van der Waals surface area contributed by atoms with Crippen LogP contribution in [-0.4, -0.2) is 31.8 Å². The van der Waals surface area contributed by atoms with Gasteiger partial charge < -0.3 is 19.9 Å². The first-order valence-corrected chi connectivity index (χ1v) is 6.99. The van der Waals surface area contributed by atoms with Crippen LogP contribution < -0.4 is 14.8 Å². The van der Waals surface area contributed by atoms with Crippen molar-refractivity contribution in [1.29, 1.82) is 0 Å². The monoisotopic (exact) mass is 319 g/mol. The van der Waals surface area contributed by atoms with Crippen LogP contribution in [0.4, 0.5) is 4.39 Å². The molecule has 23 heavy (non-hydrogen) atoms. The lowest BCUT2D eigenvalue weighted by atomic mass is 10.1. The number of aliphatic hydroxyl groups is 1. The molecule has 0 unspecified atom stereocenters. The van der Waals surface area contributed by atoms with E-state index in [0.717, 1.165) is 0 Å². The Kier molecular flexibility index (Phi) is 5.54. The molecule has 0 aliphatic heterocycles. The van der Waals surface area contributed by atoms with E-state index in [1.54, 1.807) is 24.3 Å². The van der Waals surface area contributed by atoms with Crippen molar-refractivity contribution in [3.63, 3.8) is 0 Å². The van der Waals surface area contributed by atoms with Gasteiger partial charge in [0.25, 0.3) is 5.91 Å². The Hall–Kier alpha value is -2.60. The number of amides is 1. The maximum absolute atomic E-state index is 13.1. The first-order chi connectivity index (χ1) is 11.0. The second kappa shape index (κ2) is 7.60. The van der Waals surface area contributed by atoms with Gasteiger partial charge in [0.2, 0.25) is 0 Å². The summed E-state index contributed by atoms with van der Waals surface area (Å²) in [5.74, 6) is 0.0451. The third kappa shape index (κ3) is 4.20. The van der Waals surface area contributed by atoms with Gasteiger partial charge in [-0.1, -0.05) is 12.1 Å². The van der Waals surface area contributed by atoms with Crippen molar-refractivity contribution < 1.29 is 23.8 Å². The van der Waals surface area contributed by atoms with Gasteiger partial charge in [0, 0.05) is 6.54 Å². The van der Waals surface area contributed by atoms with E-state index in [-0.39, 0.29) is 6.54 Å². The molecule has 5 nitrogen and oxygen atoms in total. The van der Waals surface area contributed by atoms with Crippen LogP contribution in [0.15, 0.2) is 42.5 Å². The highest BCUT2D eigenvalue weighted by atomic mass is 19.1. The number of ether oxygens (including phenoxy) is 2. The van der Waals surface area contributed by atoms with E-state index in [9.17, 15) is 14.3 Å². The van der Waals surface area contributed by atoms with Crippen molar-refractivity contribution in [1.82, 2.24) is 5.32 Å². The van der Waals surface area contributed by atoms with Gasteiger partial charge in [0.15, 0.2) is 0 Å². The Morgan fingerprint density at radius 1 is 1.22 bits per heavy atom. The van der Waals surface area contributed by atoms with Crippen LogP contribution in [0, 0.1) is 5.82 Å². The van der Waals surface area contributed by atoms with E-state index in [1.807, 2.05) is 0 Å². The van der Waals surface area contributed by atoms with Crippen molar-refractivity contribution >= 4 is 5.91 Å². The minimum Gasteiger partial charge on any atom is -0.497 e. The summed E-state index contributed by atoms with van der Waals surface area (Å²) in [5.41, 5.74) is 0.682. The normalized spacial score (nSPS) is 11.7. The van der Waals surface area contributed by atoms with E-state index in [4.69, 9.17) is 9.47 Å². The SMILES string of the molecule is COc1ccc(OC)c(C(=O)NC[C@H](O)c2cccc(F)c2)c1. The van der Waals surface area contributed by atoms with E-state index < -0.39 is 17.8 Å². The zero-order valence-corrected chi connectivity index (χ0v) is 12.9. The molecule has 2 N–H and O–H groups in total. The molecule has 0 aliphatic carbocycles. The number of carbonyl (C=O) groups is 1. The molecular weight excluding hydrogens is 301 g/mol. The molecule has 122 valence electrons. The Balaban J connectivity index is 2.07. The third-order valence-electron chi connectivity index (χ3n) is 3.34. The van der Waals surface area contributed by atoms with Crippen LogP contribution in [0.3, 0.4) is 0 Å². The lowest BCUT2D eigenvalue weighted by Crippen LogP contribution is -2.28. The van der Waals surface area contributed by atoms with E-state index in [0.29, 0.717) is 22.6 Å². The zero-order valence-electron chi connectivity index (χ0n) is 12.9. The van der Waals surface area contributed by atoms with Gasteiger partial charge in [-0.25, -0.2) is 4.39 Å². The van der Waals surface area contributed by atoms with Crippen molar-refractivity contribution in [3.8, 4) is 11.5 Å². The lowest BCUT2D eigenvalue weighted by molar-refractivity contribution is 0.0913. The standard InChI is InChI=1S/C17H18FNO4/c1-22-13-6-7-16(23-2)14(9-13)17(21)19-10-15(20)11-4-3-5-12(18)8-11/h3-9,15,20H,10H2,1-2H3,(H,19,21)/t15-/m0/s1. The predicted molar refractivity (Wildman–Crippen MR) is 83.2 cm³/mol. The molecule has 0 saturated heterocycles. The van der Waals surface area contributed by atoms with Crippen LogP contribution in [0.1, 0.15) is 22.0 Å². The minimum atomic E-state index is -1.01. The third-order valence-corrected chi connectivity index (χ3v) is 3.34. The molecule has 1 atom stereocenters. The highest BCUT2D eigenvalue weighted by Crippen LogP contribution is 2.24. The molecule has 0 spiro atoms. The van der Waals surface area contributed by atoms with Gasteiger partial charge >= 0.3 is 0 Å². The lowest BCUT2D eigenvalue weighted by Gasteiger charge is -2.14. The number of nitrogens with one attached hydrogen (secondary N) is 1. The summed E-state index contributed by atoms with van der Waals surface area (Å²) in [6.45, 7) is -0.0529. The van der Waals surface area contributed by atoms with Crippen LogP contribution >= 0.6 is 0 Å². The molecule has 1 amide bonds. The zero-order chi connectivity index (χ0) is 16.8. The fourth-order valence-corrected chi connectivity index (χ4v) is 2.11. The van der Waals surface area contributed by atoms with Crippen molar-refractivity contribution in [2.45, 2.75) is 6.10 Å². The molecule has 2 aromatic rings. The minimum absolute atomic E-state index is 0.0529. The Labute approximate surface area is 133 Å². The number of hydrogen-bond donors (Lipinski definition) is 2. The molecule has 0 radical (unpaired) electrons. The summed E-state index contributed by atoms with van der Waals surface area (Å²) in [6, 6.07) is 10.4. The Morgan fingerprint density at radius 2 is 2.00 bits per heavy atom. The number of rotatable bonds is 6.